The Balaban J connectivity index is 3.96. The molecule has 0 aliphatic rings. The minimum Gasteiger partial charge on any atom is -0.383 e. The van der Waals surface area contributed by atoms with E-state index in [1.54, 1.807) is 7.11 Å². The number of likely N-dealkylation sites (N-methyl/N-ethyl adjacent to an activating group) is 1. The first-order chi connectivity index (χ1) is 7.46. The van der Waals surface area contributed by atoms with Crippen LogP contribution in [0.25, 0.3) is 0 Å². The lowest BCUT2D eigenvalue weighted by Gasteiger charge is -2.32. The van der Waals surface area contributed by atoms with Gasteiger partial charge in [0.15, 0.2) is 0 Å². The minimum absolute atomic E-state index is 0.245. The molecule has 1 unspecified atom stereocenters. The van der Waals surface area contributed by atoms with Gasteiger partial charge in [-0.2, -0.15) is 0 Å². The molecule has 0 aromatic rings. The molecule has 3 nitrogen and oxygen atoms in total. The maximum atomic E-state index is 5.13. The van der Waals surface area contributed by atoms with Gasteiger partial charge in [0, 0.05) is 31.8 Å². The van der Waals surface area contributed by atoms with Crippen LogP contribution in [-0.2, 0) is 4.74 Å². The van der Waals surface area contributed by atoms with E-state index in [1.807, 2.05) is 0 Å². The Bertz CT molecular complexity index is 171. The molecule has 0 bridgehead atoms. The minimum atomic E-state index is 0.245. The van der Waals surface area contributed by atoms with Gasteiger partial charge >= 0.3 is 0 Å². The van der Waals surface area contributed by atoms with Crippen LogP contribution in [0, 0.1) is 0 Å². The van der Waals surface area contributed by atoms with Gasteiger partial charge in [-0.25, -0.2) is 0 Å². The molecular formula is C13H30N2O. The topological polar surface area (TPSA) is 24.5 Å². The summed E-state index contributed by atoms with van der Waals surface area (Å²) >= 11 is 0. The SMILES string of the molecule is CCN(CCOC)C(C)CNC(C)(C)CC. The van der Waals surface area contributed by atoms with Crippen molar-refractivity contribution >= 4 is 0 Å². The van der Waals surface area contributed by atoms with E-state index >= 15 is 0 Å². The first-order valence-electron chi connectivity index (χ1n) is 6.44. The fourth-order valence-electron chi connectivity index (χ4n) is 1.58. The van der Waals surface area contributed by atoms with E-state index in [1.165, 1.54) is 0 Å². The molecule has 0 saturated heterocycles. The number of rotatable bonds is 9. The summed E-state index contributed by atoms with van der Waals surface area (Å²) in [5.41, 5.74) is 0.245. The first-order valence-corrected chi connectivity index (χ1v) is 6.44. The monoisotopic (exact) mass is 230 g/mol. The summed E-state index contributed by atoms with van der Waals surface area (Å²) in [5, 5.41) is 3.62. The number of ether oxygens (including phenoxy) is 1. The van der Waals surface area contributed by atoms with Crippen LogP contribution in [0.5, 0.6) is 0 Å². The molecule has 0 aromatic heterocycles. The Hall–Kier alpha value is -0.120. The molecule has 0 saturated carbocycles. The zero-order valence-electron chi connectivity index (χ0n) is 12.0. The van der Waals surface area contributed by atoms with E-state index in [0.717, 1.165) is 32.7 Å². The summed E-state index contributed by atoms with van der Waals surface area (Å²) in [4.78, 5) is 2.45. The summed E-state index contributed by atoms with van der Waals surface area (Å²) in [7, 11) is 1.76. The molecule has 98 valence electrons. The molecule has 0 rings (SSSR count). The third kappa shape index (κ3) is 6.46. The van der Waals surface area contributed by atoms with Crippen molar-refractivity contribution in [3.8, 4) is 0 Å². The van der Waals surface area contributed by atoms with Crippen molar-refractivity contribution in [3.63, 3.8) is 0 Å². The molecular weight excluding hydrogens is 200 g/mol. The van der Waals surface area contributed by atoms with Gasteiger partial charge in [-0.05, 0) is 33.7 Å². The van der Waals surface area contributed by atoms with Gasteiger partial charge in [0.05, 0.1) is 6.61 Å². The van der Waals surface area contributed by atoms with E-state index in [0.29, 0.717) is 6.04 Å². The van der Waals surface area contributed by atoms with E-state index < -0.39 is 0 Å². The maximum absolute atomic E-state index is 5.13. The molecule has 0 aromatic carbocycles. The summed E-state index contributed by atoms with van der Waals surface area (Å²) in [6.07, 6.45) is 1.16. The molecule has 0 aliphatic carbocycles. The van der Waals surface area contributed by atoms with Crippen LogP contribution in [0.15, 0.2) is 0 Å². The second-order valence-corrected chi connectivity index (χ2v) is 5.09. The van der Waals surface area contributed by atoms with Crippen LogP contribution in [-0.4, -0.2) is 49.8 Å². The Morgan fingerprint density at radius 3 is 2.38 bits per heavy atom. The van der Waals surface area contributed by atoms with Crippen LogP contribution in [0.4, 0.5) is 0 Å². The maximum Gasteiger partial charge on any atom is 0.0589 e. The molecule has 0 amide bonds. The molecule has 1 N–H and O–H groups in total. The average Bonchev–Trinajstić information content (AvgIpc) is 2.27. The van der Waals surface area contributed by atoms with Crippen molar-refractivity contribution in [1.29, 1.82) is 0 Å². The van der Waals surface area contributed by atoms with E-state index in [4.69, 9.17) is 4.74 Å². The van der Waals surface area contributed by atoms with Gasteiger partial charge in [-0.1, -0.05) is 13.8 Å². The van der Waals surface area contributed by atoms with Crippen LogP contribution in [0.2, 0.25) is 0 Å². The van der Waals surface area contributed by atoms with Gasteiger partial charge in [-0.15, -0.1) is 0 Å². The highest BCUT2D eigenvalue weighted by atomic mass is 16.5. The molecule has 0 radical (unpaired) electrons. The zero-order chi connectivity index (χ0) is 12.6. The highest BCUT2D eigenvalue weighted by Gasteiger charge is 2.17. The normalized spacial score (nSPS) is 14.4. The molecule has 0 fully saturated rings. The van der Waals surface area contributed by atoms with Gasteiger partial charge in [0.25, 0.3) is 0 Å². The standard InChI is InChI=1S/C13H30N2O/c1-7-13(4,5)14-11-12(3)15(8-2)9-10-16-6/h12,14H,7-11H2,1-6H3. The zero-order valence-corrected chi connectivity index (χ0v) is 12.0. The Morgan fingerprint density at radius 2 is 1.94 bits per heavy atom. The van der Waals surface area contributed by atoms with Crippen LogP contribution in [0.1, 0.15) is 41.0 Å². The third-order valence-electron chi connectivity index (χ3n) is 3.37. The lowest BCUT2D eigenvalue weighted by Crippen LogP contribution is -2.48. The first kappa shape index (κ1) is 15.9. The number of nitrogens with zero attached hydrogens (tertiary/aromatic N) is 1. The smallest absolute Gasteiger partial charge is 0.0589 e. The summed E-state index contributed by atoms with van der Waals surface area (Å²) < 4.78 is 5.13. The molecule has 0 heterocycles. The van der Waals surface area contributed by atoms with E-state index in [2.05, 4.69) is 44.8 Å². The highest BCUT2D eigenvalue weighted by molar-refractivity contribution is 4.78. The van der Waals surface area contributed by atoms with Gasteiger partial charge < -0.3 is 10.1 Å². The average molecular weight is 230 g/mol. The van der Waals surface area contributed by atoms with Crippen molar-refractivity contribution in [2.45, 2.75) is 52.6 Å². The summed E-state index contributed by atoms with van der Waals surface area (Å²) in [5.74, 6) is 0. The molecule has 0 aliphatic heterocycles. The predicted molar refractivity (Wildman–Crippen MR) is 71.0 cm³/mol. The van der Waals surface area contributed by atoms with E-state index in [9.17, 15) is 0 Å². The second-order valence-electron chi connectivity index (χ2n) is 5.09. The number of hydrogen-bond acceptors (Lipinski definition) is 3. The number of hydrogen-bond donors (Lipinski definition) is 1. The molecule has 1 atom stereocenters. The van der Waals surface area contributed by atoms with Crippen LogP contribution in [0.3, 0.4) is 0 Å². The van der Waals surface area contributed by atoms with Crippen molar-refractivity contribution in [3.05, 3.63) is 0 Å². The predicted octanol–water partition coefficient (Wildman–Crippen LogP) is 2.12. The van der Waals surface area contributed by atoms with E-state index in [-0.39, 0.29) is 5.54 Å². The fraction of sp³-hybridized carbons (Fsp3) is 1.00. The second kappa shape index (κ2) is 8.04. The van der Waals surface area contributed by atoms with Crippen LogP contribution < -0.4 is 5.32 Å². The Morgan fingerprint density at radius 1 is 1.31 bits per heavy atom. The molecule has 3 heteroatoms. The lowest BCUT2D eigenvalue weighted by molar-refractivity contribution is 0.124. The van der Waals surface area contributed by atoms with Gasteiger partial charge in [-0.3, -0.25) is 4.90 Å². The van der Waals surface area contributed by atoms with Crippen LogP contribution >= 0.6 is 0 Å². The van der Waals surface area contributed by atoms with Gasteiger partial charge in [0.1, 0.15) is 0 Å². The summed E-state index contributed by atoms with van der Waals surface area (Å²) in [6, 6.07) is 0.561. The molecule has 0 spiro atoms. The van der Waals surface area contributed by atoms with Crippen molar-refractivity contribution in [1.82, 2.24) is 10.2 Å². The Labute approximate surface area is 102 Å². The quantitative estimate of drug-likeness (QED) is 0.656. The number of methoxy groups -OCH3 is 1. The molecule has 16 heavy (non-hydrogen) atoms. The largest absolute Gasteiger partial charge is 0.383 e. The highest BCUT2D eigenvalue weighted by Crippen LogP contribution is 2.07. The van der Waals surface area contributed by atoms with Crippen molar-refractivity contribution in [2.75, 3.05) is 33.4 Å². The van der Waals surface area contributed by atoms with Crippen molar-refractivity contribution < 1.29 is 4.74 Å². The lowest BCUT2D eigenvalue weighted by atomic mass is 10.0. The fourth-order valence-corrected chi connectivity index (χ4v) is 1.58. The Kier molecular flexibility index (Phi) is 7.98. The summed E-state index contributed by atoms with van der Waals surface area (Å²) in [6.45, 7) is 15.2. The third-order valence-corrected chi connectivity index (χ3v) is 3.37. The number of nitrogens with one attached hydrogen (secondary N) is 1. The van der Waals surface area contributed by atoms with Crippen molar-refractivity contribution in [2.24, 2.45) is 0 Å². The van der Waals surface area contributed by atoms with Gasteiger partial charge in [0.2, 0.25) is 0 Å².